The maximum atomic E-state index is 11.8. The summed E-state index contributed by atoms with van der Waals surface area (Å²) in [6, 6.07) is 11.3. The zero-order chi connectivity index (χ0) is 13.0. The smallest absolute Gasteiger partial charge is 0.228 e. The summed E-state index contributed by atoms with van der Waals surface area (Å²) >= 11 is 9.03. The number of hydrogen-bond donors (Lipinski definition) is 1. The Bertz CT molecular complexity index is 560. The van der Waals surface area contributed by atoms with Gasteiger partial charge in [-0.25, -0.2) is 4.98 Å². The topological polar surface area (TPSA) is 42.0 Å². The summed E-state index contributed by atoms with van der Waals surface area (Å²) in [6.07, 6.45) is 1.86. The van der Waals surface area contributed by atoms with Crippen molar-refractivity contribution in [1.29, 1.82) is 0 Å². The molecule has 18 heavy (non-hydrogen) atoms. The number of nitrogens with zero attached hydrogens (tertiary/aromatic N) is 1. The quantitative estimate of drug-likeness (QED) is 0.875. The molecule has 92 valence electrons. The second-order valence-electron chi connectivity index (χ2n) is 3.71. The van der Waals surface area contributed by atoms with E-state index in [2.05, 4.69) is 26.2 Å². The highest BCUT2D eigenvalue weighted by atomic mass is 79.9. The van der Waals surface area contributed by atoms with Crippen LogP contribution in [0, 0.1) is 0 Å². The number of anilines is 1. The van der Waals surface area contributed by atoms with Crippen LogP contribution in [-0.4, -0.2) is 10.9 Å². The average Bonchev–Trinajstić information content (AvgIpc) is 2.35. The maximum Gasteiger partial charge on any atom is 0.228 e. The number of aromatic nitrogens is 1. The third-order valence-electron chi connectivity index (χ3n) is 2.29. The number of hydrogen-bond acceptors (Lipinski definition) is 2. The fourth-order valence-corrected chi connectivity index (χ4v) is 1.93. The van der Waals surface area contributed by atoms with Crippen LogP contribution in [0.4, 0.5) is 5.69 Å². The molecule has 3 nitrogen and oxygen atoms in total. The molecule has 2 aromatic rings. The predicted octanol–water partition coefficient (Wildman–Crippen LogP) is 3.68. The zero-order valence-electron chi connectivity index (χ0n) is 9.36. The Labute approximate surface area is 118 Å². The van der Waals surface area contributed by atoms with Crippen molar-refractivity contribution in [1.82, 2.24) is 4.98 Å². The molecular weight excluding hydrogens is 316 g/mol. The fraction of sp³-hybridized carbons (Fsp3) is 0.0769. The highest BCUT2D eigenvalue weighted by molar-refractivity contribution is 9.10. The molecule has 1 aromatic heterocycles. The summed E-state index contributed by atoms with van der Waals surface area (Å²) < 4.78 is 0.654. The summed E-state index contributed by atoms with van der Waals surface area (Å²) in [5.74, 6) is -0.0859. The molecule has 0 fully saturated rings. The van der Waals surface area contributed by atoms with Crippen LogP contribution in [0.25, 0.3) is 0 Å². The van der Waals surface area contributed by atoms with Crippen LogP contribution in [-0.2, 0) is 11.2 Å². The Morgan fingerprint density at radius 1 is 1.33 bits per heavy atom. The standard InChI is InChI=1S/C13H10BrClN2O/c14-11-7-10(8-16-13(11)15)17-12(18)6-9-4-2-1-3-5-9/h1-5,7-8H,6H2,(H,17,18). The van der Waals surface area contributed by atoms with Crippen LogP contribution in [0.3, 0.4) is 0 Å². The van der Waals surface area contributed by atoms with Gasteiger partial charge in [0.15, 0.2) is 0 Å². The van der Waals surface area contributed by atoms with Gasteiger partial charge in [0.2, 0.25) is 5.91 Å². The van der Waals surface area contributed by atoms with E-state index in [1.165, 1.54) is 6.20 Å². The molecule has 0 saturated heterocycles. The number of halogens is 2. The fourth-order valence-electron chi connectivity index (χ4n) is 1.48. The molecule has 0 aliphatic rings. The Kier molecular flexibility index (Phi) is 4.33. The van der Waals surface area contributed by atoms with E-state index in [4.69, 9.17) is 11.6 Å². The van der Waals surface area contributed by atoms with Crippen LogP contribution in [0.1, 0.15) is 5.56 Å². The van der Waals surface area contributed by atoms with Crippen LogP contribution in [0.5, 0.6) is 0 Å². The van der Waals surface area contributed by atoms with Crippen molar-refractivity contribution in [3.05, 3.63) is 57.8 Å². The first-order chi connectivity index (χ1) is 8.65. The predicted molar refractivity (Wildman–Crippen MR) is 75.7 cm³/mol. The Hall–Kier alpha value is -1.39. The highest BCUT2D eigenvalue weighted by Crippen LogP contribution is 2.22. The maximum absolute atomic E-state index is 11.8. The minimum atomic E-state index is -0.0859. The van der Waals surface area contributed by atoms with Crippen molar-refractivity contribution >= 4 is 39.1 Å². The van der Waals surface area contributed by atoms with E-state index < -0.39 is 0 Å². The van der Waals surface area contributed by atoms with Gasteiger partial charge in [-0.05, 0) is 27.6 Å². The first kappa shape index (κ1) is 13.1. The number of rotatable bonds is 3. The Balaban J connectivity index is 2.01. The number of benzene rings is 1. The third kappa shape index (κ3) is 3.55. The van der Waals surface area contributed by atoms with Gasteiger partial charge in [-0.3, -0.25) is 4.79 Å². The summed E-state index contributed by atoms with van der Waals surface area (Å²) in [4.78, 5) is 15.7. The molecule has 0 atom stereocenters. The van der Waals surface area contributed by atoms with E-state index in [9.17, 15) is 4.79 Å². The first-order valence-corrected chi connectivity index (χ1v) is 6.47. The lowest BCUT2D eigenvalue weighted by Crippen LogP contribution is -2.14. The lowest BCUT2D eigenvalue weighted by molar-refractivity contribution is -0.115. The van der Waals surface area contributed by atoms with E-state index in [0.29, 0.717) is 21.7 Å². The molecule has 0 radical (unpaired) electrons. The molecule has 0 aliphatic carbocycles. The summed E-state index contributed by atoms with van der Waals surface area (Å²) in [6.45, 7) is 0. The van der Waals surface area contributed by atoms with Crippen molar-refractivity contribution < 1.29 is 4.79 Å². The molecule has 2 rings (SSSR count). The lowest BCUT2D eigenvalue weighted by atomic mass is 10.1. The van der Waals surface area contributed by atoms with Crippen LogP contribution >= 0.6 is 27.5 Å². The van der Waals surface area contributed by atoms with Crippen LogP contribution in [0.15, 0.2) is 47.1 Å². The summed E-state index contributed by atoms with van der Waals surface area (Å²) in [7, 11) is 0. The van der Waals surface area contributed by atoms with Crippen molar-refractivity contribution in [2.24, 2.45) is 0 Å². The van der Waals surface area contributed by atoms with Crippen molar-refractivity contribution in [3.8, 4) is 0 Å². The molecule has 0 saturated carbocycles. The second kappa shape index (κ2) is 5.98. The molecule has 0 bridgehead atoms. The SMILES string of the molecule is O=C(Cc1ccccc1)Nc1cnc(Cl)c(Br)c1. The number of carbonyl (C=O) groups excluding carboxylic acids is 1. The number of carbonyl (C=O) groups is 1. The number of amides is 1. The largest absolute Gasteiger partial charge is 0.324 e. The van der Waals surface area contributed by atoms with Gasteiger partial charge in [-0.15, -0.1) is 0 Å². The second-order valence-corrected chi connectivity index (χ2v) is 4.92. The Morgan fingerprint density at radius 3 is 2.72 bits per heavy atom. The van der Waals surface area contributed by atoms with E-state index in [0.717, 1.165) is 5.56 Å². The van der Waals surface area contributed by atoms with Gasteiger partial charge < -0.3 is 5.32 Å². The highest BCUT2D eigenvalue weighted by Gasteiger charge is 2.06. The molecule has 5 heteroatoms. The van der Waals surface area contributed by atoms with Gasteiger partial charge in [0, 0.05) is 0 Å². The molecule has 0 aliphatic heterocycles. The molecule has 1 heterocycles. The molecule has 0 spiro atoms. The molecule has 0 unspecified atom stereocenters. The first-order valence-electron chi connectivity index (χ1n) is 5.30. The van der Waals surface area contributed by atoms with Crippen molar-refractivity contribution in [2.45, 2.75) is 6.42 Å². The lowest BCUT2D eigenvalue weighted by Gasteiger charge is -2.05. The number of nitrogens with one attached hydrogen (secondary N) is 1. The summed E-state index contributed by atoms with van der Waals surface area (Å²) in [5.41, 5.74) is 1.59. The van der Waals surface area contributed by atoms with Gasteiger partial charge in [0.25, 0.3) is 0 Å². The van der Waals surface area contributed by atoms with E-state index in [1.54, 1.807) is 6.07 Å². The van der Waals surface area contributed by atoms with Crippen LogP contribution < -0.4 is 5.32 Å². The van der Waals surface area contributed by atoms with E-state index in [-0.39, 0.29) is 5.91 Å². The van der Waals surface area contributed by atoms with Gasteiger partial charge >= 0.3 is 0 Å². The van der Waals surface area contributed by atoms with Gasteiger partial charge in [0.05, 0.1) is 22.8 Å². The monoisotopic (exact) mass is 324 g/mol. The van der Waals surface area contributed by atoms with Crippen molar-refractivity contribution in [3.63, 3.8) is 0 Å². The zero-order valence-corrected chi connectivity index (χ0v) is 11.7. The van der Waals surface area contributed by atoms with Crippen molar-refractivity contribution in [2.75, 3.05) is 5.32 Å². The minimum Gasteiger partial charge on any atom is -0.324 e. The summed E-state index contributed by atoms with van der Waals surface area (Å²) in [5, 5.41) is 3.14. The minimum absolute atomic E-state index is 0.0859. The third-order valence-corrected chi connectivity index (χ3v) is 3.42. The molecule has 1 amide bonds. The van der Waals surface area contributed by atoms with Crippen LogP contribution in [0.2, 0.25) is 5.15 Å². The average molecular weight is 326 g/mol. The molecule has 1 aromatic carbocycles. The van der Waals surface area contributed by atoms with Gasteiger partial charge in [0.1, 0.15) is 5.15 Å². The van der Waals surface area contributed by atoms with E-state index >= 15 is 0 Å². The molecule has 1 N–H and O–H groups in total. The van der Waals surface area contributed by atoms with Gasteiger partial charge in [-0.2, -0.15) is 0 Å². The Morgan fingerprint density at radius 2 is 2.06 bits per heavy atom. The van der Waals surface area contributed by atoms with E-state index in [1.807, 2.05) is 30.3 Å². The van der Waals surface area contributed by atoms with Gasteiger partial charge in [-0.1, -0.05) is 41.9 Å². The normalized spacial score (nSPS) is 10.1. The number of pyridine rings is 1. The molecular formula is C13H10BrClN2O.